The van der Waals surface area contributed by atoms with Crippen molar-refractivity contribution in [3.63, 3.8) is 0 Å². The second-order valence-electron chi connectivity index (χ2n) is 2.98. The predicted molar refractivity (Wildman–Crippen MR) is 57.7 cm³/mol. The highest BCUT2D eigenvalue weighted by molar-refractivity contribution is 5.90. The van der Waals surface area contributed by atoms with Crippen molar-refractivity contribution in [3.05, 3.63) is 30.1 Å². The minimum absolute atomic E-state index is 0.107. The van der Waals surface area contributed by atoms with E-state index in [1.807, 2.05) is 0 Å². The number of halogens is 1. The number of benzene rings is 1. The van der Waals surface area contributed by atoms with Gasteiger partial charge in [0.05, 0.1) is 0 Å². The van der Waals surface area contributed by atoms with Gasteiger partial charge in [-0.25, -0.2) is 4.39 Å². The minimum Gasteiger partial charge on any atom is -0.326 e. The van der Waals surface area contributed by atoms with E-state index in [4.69, 9.17) is 0 Å². The molecule has 1 N–H and O–H groups in total. The lowest BCUT2D eigenvalue weighted by molar-refractivity contribution is -0.116. The van der Waals surface area contributed by atoms with E-state index in [0.717, 1.165) is 0 Å². The summed E-state index contributed by atoms with van der Waals surface area (Å²) < 4.78 is 12.5. The lowest BCUT2D eigenvalue weighted by atomic mass is 10.2. The Bertz CT molecular complexity index is 386. The van der Waals surface area contributed by atoms with Crippen molar-refractivity contribution in [2.75, 3.05) is 5.32 Å². The van der Waals surface area contributed by atoms with Crippen LogP contribution < -0.4 is 5.32 Å². The molecule has 1 rings (SSSR count). The molecular weight excluding hydrogens is 193 g/mol. The molecule has 0 saturated heterocycles. The second kappa shape index (κ2) is 5.82. The first-order valence-electron chi connectivity index (χ1n) is 4.67. The average Bonchev–Trinajstić information content (AvgIpc) is 2.22. The minimum atomic E-state index is -0.315. The fourth-order valence-electron chi connectivity index (χ4n) is 1.06. The second-order valence-corrected chi connectivity index (χ2v) is 2.98. The quantitative estimate of drug-likeness (QED) is 0.755. The van der Waals surface area contributed by atoms with Crippen LogP contribution in [-0.4, -0.2) is 5.91 Å². The predicted octanol–water partition coefficient (Wildman–Crippen LogP) is 2.57. The van der Waals surface area contributed by atoms with Crippen LogP contribution >= 0.6 is 0 Å². The van der Waals surface area contributed by atoms with Gasteiger partial charge < -0.3 is 5.32 Å². The van der Waals surface area contributed by atoms with Crippen LogP contribution in [0.2, 0.25) is 0 Å². The van der Waals surface area contributed by atoms with Crippen molar-refractivity contribution in [1.29, 1.82) is 0 Å². The molecule has 0 aliphatic carbocycles. The molecule has 0 radical (unpaired) electrons. The van der Waals surface area contributed by atoms with E-state index >= 15 is 0 Å². The number of hydrogen-bond acceptors (Lipinski definition) is 1. The molecule has 0 bridgehead atoms. The molecule has 15 heavy (non-hydrogen) atoms. The first-order chi connectivity index (χ1) is 7.22. The Morgan fingerprint density at radius 2 is 2.07 bits per heavy atom. The van der Waals surface area contributed by atoms with Crippen LogP contribution in [0, 0.1) is 17.7 Å². The Hall–Kier alpha value is -1.82. The number of amides is 1. The maximum atomic E-state index is 12.5. The molecule has 3 heteroatoms. The molecule has 0 heterocycles. The van der Waals surface area contributed by atoms with E-state index in [1.165, 1.54) is 24.3 Å². The number of carbonyl (C=O) groups excluding carboxylic acids is 1. The first kappa shape index (κ1) is 11.3. The summed E-state index contributed by atoms with van der Waals surface area (Å²) >= 11 is 0. The van der Waals surface area contributed by atoms with Crippen LogP contribution in [0.1, 0.15) is 19.8 Å². The summed E-state index contributed by atoms with van der Waals surface area (Å²) in [6.45, 7) is 1.73. The van der Waals surface area contributed by atoms with Crippen LogP contribution in [-0.2, 0) is 4.79 Å². The van der Waals surface area contributed by atoms with Gasteiger partial charge in [0.1, 0.15) is 5.82 Å². The van der Waals surface area contributed by atoms with E-state index in [2.05, 4.69) is 17.2 Å². The van der Waals surface area contributed by atoms with Gasteiger partial charge in [-0.2, -0.15) is 0 Å². The van der Waals surface area contributed by atoms with Crippen LogP contribution in [0.5, 0.6) is 0 Å². The Kier molecular flexibility index (Phi) is 4.36. The third-order valence-corrected chi connectivity index (χ3v) is 1.78. The maximum Gasteiger partial charge on any atom is 0.225 e. The number of carbonyl (C=O) groups is 1. The molecule has 1 aromatic rings. The lowest BCUT2D eigenvalue weighted by Gasteiger charge is -2.02. The molecule has 0 aliphatic rings. The fraction of sp³-hybridized carbons (Fsp3) is 0.250. The van der Waals surface area contributed by atoms with Gasteiger partial charge in [0.2, 0.25) is 5.91 Å². The van der Waals surface area contributed by atoms with E-state index < -0.39 is 0 Å². The summed E-state index contributed by atoms with van der Waals surface area (Å²) in [4.78, 5) is 11.3. The van der Waals surface area contributed by atoms with Crippen molar-refractivity contribution in [2.24, 2.45) is 0 Å². The molecule has 0 aliphatic heterocycles. The zero-order valence-electron chi connectivity index (χ0n) is 8.51. The van der Waals surface area contributed by atoms with Gasteiger partial charge in [0, 0.05) is 18.5 Å². The van der Waals surface area contributed by atoms with Gasteiger partial charge in [0.15, 0.2) is 0 Å². The summed E-state index contributed by atoms with van der Waals surface area (Å²) in [6.07, 6.45) is 0.905. The van der Waals surface area contributed by atoms with E-state index in [1.54, 1.807) is 6.92 Å². The highest BCUT2D eigenvalue weighted by Crippen LogP contribution is 2.08. The summed E-state index contributed by atoms with van der Waals surface area (Å²) in [5, 5.41) is 2.65. The average molecular weight is 205 g/mol. The van der Waals surface area contributed by atoms with Crippen molar-refractivity contribution < 1.29 is 9.18 Å². The molecule has 0 fully saturated rings. The maximum absolute atomic E-state index is 12.5. The summed E-state index contributed by atoms with van der Waals surface area (Å²) in [5.74, 6) is 5.10. The lowest BCUT2D eigenvalue weighted by Crippen LogP contribution is -2.10. The summed E-state index contributed by atoms with van der Waals surface area (Å²) in [5.41, 5.74) is 0.603. The van der Waals surface area contributed by atoms with Gasteiger partial charge in [0.25, 0.3) is 0 Å². The number of anilines is 1. The van der Waals surface area contributed by atoms with Crippen molar-refractivity contribution in [2.45, 2.75) is 19.8 Å². The summed E-state index contributed by atoms with van der Waals surface area (Å²) in [7, 11) is 0. The fourth-order valence-corrected chi connectivity index (χ4v) is 1.06. The highest BCUT2D eigenvalue weighted by atomic mass is 19.1. The third-order valence-electron chi connectivity index (χ3n) is 1.78. The Morgan fingerprint density at radius 3 is 2.67 bits per heavy atom. The first-order valence-corrected chi connectivity index (χ1v) is 4.67. The molecular formula is C12H12FNO. The molecule has 0 aromatic heterocycles. The van der Waals surface area contributed by atoms with Gasteiger partial charge in [-0.15, -0.1) is 11.8 Å². The van der Waals surface area contributed by atoms with Crippen LogP contribution in [0.25, 0.3) is 0 Å². The van der Waals surface area contributed by atoms with Crippen LogP contribution in [0.3, 0.4) is 0 Å². The standard InChI is InChI=1S/C12H12FNO/c1-2-3-4-5-12(15)14-11-8-6-10(13)7-9-11/h6-9H,4-5H2,1H3,(H,14,15). The smallest absolute Gasteiger partial charge is 0.225 e. The van der Waals surface area contributed by atoms with Crippen molar-refractivity contribution in [3.8, 4) is 11.8 Å². The van der Waals surface area contributed by atoms with Gasteiger partial charge >= 0.3 is 0 Å². The molecule has 0 saturated carbocycles. The van der Waals surface area contributed by atoms with Gasteiger partial charge in [-0.05, 0) is 31.2 Å². The zero-order valence-corrected chi connectivity index (χ0v) is 8.51. The number of hydrogen-bond donors (Lipinski definition) is 1. The number of rotatable bonds is 3. The molecule has 0 unspecified atom stereocenters. The van der Waals surface area contributed by atoms with Gasteiger partial charge in [-0.3, -0.25) is 4.79 Å². The monoisotopic (exact) mass is 205 g/mol. The molecule has 0 spiro atoms. The Balaban J connectivity index is 2.43. The van der Waals surface area contributed by atoms with Crippen LogP contribution in [0.4, 0.5) is 10.1 Å². The van der Waals surface area contributed by atoms with Crippen molar-refractivity contribution in [1.82, 2.24) is 0 Å². The largest absolute Gasteiger partial charge is 0.326 e. The van der Waals surface area contributed by atoms with E-state index in [-0.39, 0.29) is 11.7 Å². The molecule has 1 amide bonds. The van der Waals surface area contributed by atoms with Crippen LogP contribution in [0.15, 0.2) is 24.3 Å². The molecule has 2 nitrogen and oxygen atoms in total. The number of nitrogens with one attached hydrogen (secondary N) is 1. The normalized spacial score (nSPS) is 8.93. The molecule has 0 atom stereocenters. The van der Waals surface area contributed by atoms with Gasteiger partial charge in [-0.1, -0.05) is 0 Å². The third kappa shape index (κ3) is 4.28. The topological polar surface area (TPSA) is 29.1 Å². The Morgan fingerprint density at radius 1 is 1.40 bits per heavy atom. The molecule has 1 aromatic carbocycles. The summed E-state index contributed by atoms with van der Waals surface area (Å²) in [6, 6.07) is 5.67. The van der Waals surface area contributed by atoms with Crippen molar-refractivity contribution >= 4 is 11.6 Å². The Labute approximate surface area is 88.5 Å². The SMILES string of the molecule is CC#CCCC(=O)Nc1ccc(F)cc1. The van der Waals surface area contributed by atoms with E-state index in [9.17, 15) is 9.18 Å². The molecule has 78 valence electrons. The highest BCUT2D eigenvalue weighted by Gasteiger charge is 2.00. The zero-order chi connectivity index (χ0) is 11.1. The van der Waals surface area contributed by atoms with E-state index in [0.29, 0.717) is 18.5 Å².